The average Bonchev–Trinajstić information content (AvgIpc) is 3.33. The first kappa shape index (κ1) is 18.2. The monoisotopic (exact) mass is 396 g/mol. The minimum atomic E-state index is -0.320. The van der Waals surface area contributed by atoms with Crippen LogP contribution in [0.4, 0.5) is 4.39 Å². The summed E-state index contributed by atoms with van der Waals surface area (Å²) >= 11 is 1.54. The molecule has 1 aromatic carbocycles. The van der Waals surface area contributed by atoms with Crippen molar-refractivity contribution in [2.45, 2.75) is 26.2 Å². The molecule has 0 aliphatic carbocycles. The Bertz CT molecular complexity index is 1080. The zero-order chi connectivity index (χ0) is 19.7. The number of pyridine rings is 1. The number of thiazole rings is 1. The Morgan fingerprint density at radius 2 is 1.79 bits per heavy atom. The normalized spacial score (nSPS) is 11.6. The van der Waals surface area contributed by atoms with Crippen LogP contribution in [0.25, 0.3) is 22.2 Å². The first-order valence-corrected chi connectivity index (χ1v) is 9.40. The third kappa shape index (κ3) is 3.91. The van der Waals surface area contributed by atoms with E-state index < -0.39 is 0 Å². The van der Waals surface area contributed by atoms with Gasteiger partial charge in [0, 0.05) is 23.2 Å². The molecule has 0 aliphatic rings. The highest BCUT2D eigenvalue weighted by atomic mass is 32.1. The number of rotatable bonds is 4. The molecule has 0 atom stereocenters. The topological polar surface area (TPSA) is 73.9 Å². The molecule has 3 heterocycles. The quantitative estimate of drug-likeness (QED) is 0.454. The van der Waals surface area contributed by atoms with Crippen LogP contribution in [0.1, 0.15) is 25.8 Å². The molecule has 4 rings (SSSR count). The maximum Gasteiger partial charge on any atom is 0.269 e. The van der Waals surface area contributed by atoms with Gasteiger partial charge in [0.1, 0.15) is 16.4 Å². The van der Waals surface area contributed by atoms with Gasteiger partial charge in [-0.1, -0.05) is 25.9 Å². The predicted octanol–water partition coefficient (Wildman–Crippen LogP) is 5.48. The minimum Gasteiger partial charge on any atom is -0.439 e. The van der Waals surface area contributed by atoms with Gasteiger partial charge in [-0.25, -0.2) is 14.4 Å². The van der Waals surface area contributed by atoms with Crippen molar-refractivity contribution in [1.29, 1.82) is 0 Å². The Kier molecular flexibility index (Phi) is 4.64. The SMILES string of the molecule is CC(C)(C)c1ncc(-c2nc(-c3ccc(Oc4ccc(F)cc4)nc3)no2)s1. The molecule has 4 aromatic rings. The highest BCUT2D eigenvalue weighted by Gasteiger charge is 2.21. The largest absolute Gasteiger partial charge is 0.439 e. The Labute approximate surface area is 165 Å². The van der Waals surface area contributed by atoms with E-state index >= 15 is 0 Å². The molecule has 0 saturated carbocycles. The van der Waals surface area contributed by atoms with Crippen molar-refractivity contribution < 1.29 is 13.7 Å². The fraction of sp³-hybridized carbons (Fsp3) is 0.200. The first-order chi connectivity index (χ1) is 13.4. The lowest BCUT2D eigenvalue weighted by Crippen LogP contribution is -2.09. The molecule has 0 N–H and O–H groups in total. The van der Waals surface area contributed by atoms with E-state index in [1.165, 1.54) is 35.6 Å². The van der Waals surface area contributed by atoms with Crippen molar-refractivity contribution in [2.75, 3.05) is 0 Å². The maximum atomic E-state index is 13.0. The van der Waals surface area contributed by atoms with Gasteiger partial charge in [-0.05, 0) is 30.3 Å². The second kappa shape index (κ2) is 7.12. The first-order valence-electron chi connectivity index (χ1n) is 8.59. The van der Waals surface area contributed by atoms with E-state index in [4.69, 9.17) is 9.26 Å². The van der Waals surface area contributed by atoms with Crippen LogP contribution < -0.4 is 4.74 Å². The van der Waals surface area contributed by atoms with Crippen molar-refractivity contribution in [3.05, 3.63) is 59.6 Å². The van der Waals surface area contributed by atoms with E-state index in [2.05, 4.69) is 40.9 Å². The van der Waals surface area contributed by atoms with Crippen LogP contribution in [0, 0.1) is 5.82 Å². The lowest BCUT2D eigenvalue weighted by Gasteiger charge is -2.13. The van der Waals surface area contributed by atoms with E-state index in [1.807, 2.05) is 0 Å². The predicted molar refractivity (Wildman–Crippen MR) is 104 cm³/mol. The zero-order valence-electron chi connectivity index (χ0n) is 15.5. The van der Waals surface area contributed by atoms with Gasteiger partial charge in [-0.15, -0.1) is 11.3 Å². The van der Waals surface area contributed by atoms with Gasteiger partial charge in [-0.2, -0.15) is 4.98 Å². The van der Waals surface area contributed by atoms with Crippen LogP contribution in [0.15, 0.2) is 53.3 Å². The van der Waals surface area contributed by atoms with Crippen LogP contribution in [-0.2, 0) is 5.41 Å². The molecule has 142 valence electrons. The Morgan fingerprint density at radius 3 is 2.43 bits per heavy atom. The fourth-order valence-electron chi connectivity index (χ4n) is 2.36. The Balaban J connectivity index is 1.51. The number of hydrogen-bond donors (Lipinski definition) is 0. The van der Waals surface area contributed by atoms with Crippen molar-refractivity contribution in [3.8, 4) is 33.8 Å². The number of benzene rings is 1. The minimum absolute atomic E-state index is 0.0317. The molecule has 0 radical (unpaired) electrons. The molecule has 0 saturated heterocycles. The molecule has 0 aliphatic heterocycles. The van der Waals surface area contributed by atoms with E-state index in [0.29, 0.717) is 28.9 Å². The van der Waals surface area contributed by atoms with Crippen molar-refractivity contribution in [3.63, 3.8) is 0 Å². The highest BCUT2D eigenvalue weighted by Crippen LogP contribution is 2.32. The summed E-state index contributed by atoms with van der Waals surface area (Å²) < 4.78 is 23.9. The lowest BCUT2D eigenvalue weighted by atomic mass is 9.98. The number of halogens is 1. The molecule has 0 amide bonds. The van der Waals surface area contributed by atoms with Gasteiger partial charge in [0.25, 0.3) is 5.89 Å². The maximum absolute atomic E-state index is 13.0. The lowest BCUT2D eigenvalue weighted by molar-refractivity contribution is 0.433. The Hall–Kier alpha value is -3.13. The van der Waals surface area contributed by atoms with E-state index in [1.54, 1.807) is 24.5 Å². The second-order valence-electron chi connectivity index (χ2n) is 7.14. The molecular weight excluding hydrogens is 379 g/mol. The van der Waals surface area contributed by atoms with Gasteiger partial charge in [0.05, 0.1) is 11.2 Å². The summed E-state index contributed by atoms with van der Waals surface area (Å²) in [7, 11) is 0. The van der Waals surface area contributed by atoms with Crippen LogP contribution in [0.5, 0.6) is 11.6 Å². The zero-order valence-corrected chi connectivity index (χ0v) is 16.3. The number of aromatic nitrogens is 4. The molecule has 0 spiro atoms. The highest BCUT2D eigenvalue weighted by molar-refractivity contribution is 7.15. The van der Waals surface area contributed by atoms with Gasteiger partial charge >= 0.3 is 0 Å². The van der Waals surface area contributed by atoms with Crippen molar-refractivity contribution >= 4 is 11.3 Å². The van der Waals surface area contributed by atoms with Crippen LogP contribution in [-0.4, -0.2) is 20.1 Å². The average molecular weight is 396 g/mol. The fourth-order valence-corrected chi connectivity index (χ4v) is 3.25. The van der Waals surface area contributed by atoms with Gasteiger partial charge in [-0.3, -0.25) is 0 Å². The summed E-state index contributed by atoms with van der Waals surface area (Å²) in [5, 5.41) is 5.03. The van der Waals surface area contributed by atoms with Crippen LogP contribution >= 0.6 is 11.3 Å². The molecule has 0 bridgehead atoms. The summed E-state index contributed by atoms with van der Waals surface area (Å²) in [6.07, 6.45) is 3.35. The van der Waals surface area contributed by atoms with Gasteiger partial charge in [0.15, 0.2) is 0 Å². The molecule has 8 heteroatoms. The molecule has 3 aromatic heterocycles. The molecule has 6 nitrogen and oxygen atoms in total. The standard InChI is InChI=1S/C20H17FN4O2S/c1-20(2,3)19-23-11-15(28-19)18-24-17(25-27-18)12-4-9-16(22-10-12)26-14-7-5-13(21)6-8-14/h4-11H,1-3H3. The summed E-state index contributed by atoms with van der Waals surface area (Å²) in [6.45, 7) is 6.32. The number of nitrogens with zero attached hydrogens (tertiary/aromatic N) is 4. The molecule has 28 heavy (non-hydrogen) atoms. The summed E-state index contributed by atoms with van der Waals surface area (Å²) in [6, 6.07) is 9.21. The summed E-state index contributed by atoms with van der Waals surface area (Å²) in [5.41, 5.74) is 0.665. The van der Waals surface area contributed by atoms with Gasteiger partial charge < -0.3 is 9.26 Å². The van der Waals surface area contributed by atoms with E-state index in [-0.39, 0.29) is 11.2 Å². The van der Waals surface area contributed by atoms with E-state index in [9.17, 15) is 4.39 Å². The van der Waals surface area contributed by atoms with Crippen LogP contribution in [0.3, 0.4) is 0 Å². The third-order valence-corrected chi connectivity index (χ3v) is 5.23. The van der Waals surface area contributed by atoms with Crippen LogP contribution in [0.2, 0.25) is 0 Å². The second-order valence-corrected chi connectivity index (χ2v) is 8.17. The van der Waals surface area contributed by atoms with Gasteiger partial charge in [0.2, 0.25) is 11.7 Å². The smallest absolute Gasteiger partial charge is 0.269 e. The Morgan fingerprint density at radius 1 is 1.00 bits per heavy atom. The molecular formula is C20H17FN4O2S. The summed E-state index contributed by atoms with van der Waals surface area (Å²) in [4.78, 5) is 14.0. The molecule has 0 fully saturated rings. The van der Waals surface area contributed by atoms with Crippen molar-refractivity contribution in [2.24, 2.45) is 0 Å². The third-order valence-electron chi connectivity index (χ3n) is 3.81. The van der Waals surface area contributed by atoms with Crippen molar-refractivity contribution in [1.82, 2.24) is 20.1 Å². The molecule has 0 unspecified atom stereocenters. The number of ether oxygens (including phenoxy) is 1. The summed E-state index contributed by atoms with van der Waals surface area (Å²) in [5.74, 6) is 1.43. The van der Waals surface area contributed by atoms with E-state index in [0.717, 1.165) is 9.88 Å². The number of hydrogen-bond acceptors (Lipinski definition) is 7.